The van der Waals surface area contributed by atoms with Crippen LogP contribution in [0.2, 0.25) is 0 Å². The lowest BCUT2D eigenvalue weighted by Crippen LogP contribution is -2.43. The van der Waals surface area contributed by atoms with E-state index in [0.717, 1.165) is 22.4 Å². The molecule has 1 unspecified atom stereocenters. The van der Waals surface area contributed by atoms with Gasteiger partial charge >= 0.3 is 0 Å². The summed E-state index contributed by atoms with van der Waals surface area (Å²) >= 11 is 6.01. The van der Waals surface area contributed by atoms with Crippen molar-refractivity contribution in [3.63, 3.8) is 0 Å². The first-order chi connectivity index (χ1) is 11.4. The number of pyridine rings is 1. The van der Waals surface area contributed by atoms with Crippen molar-refractivity contribution in [1.82, 2.24) is 14.5 Å². The molecule has 0 bridgehead atoms. The fourth-order valence-corrected chi connectivity index (χ4v) is 3.31. The maximum absolute atomic E-state index is 12.9. The van der Waals surface area contributed by atoms with E-state index in [1.54, 1.807) is 4.52 Å². The molecule has 0 aromatic carbocycles. The van der Waals surface area contributed by atoms with E-state index in [1.165, 1.54) is 11.1 Å². The predicted octanol–water partition coefficient (Wildman–Crippen LogP) is 2.29. The number of carbonyl (C=O) groups excluding carboxylic acids is 1. The van der Waals surface area contributed by atoms with Gasteiger partial charge in [0.2, 0.25) is 0 Å². The molecule has 0 N–H and O–H groups in total. The maximum Gasteiger partial charge on any atom is 0.274 e. The van der Waals surface area contributed by atoms with Crippen LogP contribution in [-0.4, -0.2) is 40.9 Å². The average Bonchev–Trinajstić information content (AvgIpc) is 2.94. The van der Waals surface area contributed by atoms with E-state index in [9.17, 15) is 4.79 Å². The van der Waals surface area contributed by atoms with E-state index in [0.29, 0.717) is 12.2 Å². The molecule has 0 saturated carbocycles. The standard InChI is InChI=1S/C18H21BClN3O/c1-11(20)8-14-6-7-22(13(3)12(14)2)18(24)17-9-16-5-4-15(19)10-23(16)21-17/h4-5,8-10,13H,6-7,19H2,1-3H3/b11-8+. The molecule has 24 heavy (non-hydrogen) atoms. The van der Waals surface area contributed by atoms with Crippen LogP contribution >= 0.6 is 11.6 Å². The summed E-state index contributed by atoms with van der Waals surface area (Å²) in [4.78, 5) is 14.8. The SMILES string of the molecule is Bc1ccc2cc(C(=O)N3CCC(/C=C(\C)Cl)=C(C)C3C)nn2c1. The first-order valence-electron chi connectivity index (χ1n) is 8.17. The number of halogens is 1. The molecular formula is C18H21BClN3O. The van der Waals surface area contributed by atoms with Gasteiger partial charge in [-0.05, 0) is 56.5 Å². The molecule has 2 aromatic rings. The van der Waals surface area contributed by atoms with Crippen molar-refractivity contribution in [1.29, 1.82) is 0 Å². The Bertz CT molecular complexity index is 864. The van der Waals surface area contributed by atoms with Crippen LogP contribution in [0.25, 0.3) is 5.52 Å². The highest BCUT2D eigenvalue weighted by atomic mass is 35.5. The molecule has 0 radical (unpaired) electrons. The Kier molecular flexibility index (Phi) is 4.55. The van der Waals surface area contributed by atoms with Gasteiger partial charge in [0, 0.05) is 17.8 Å². The Balaban J connectivity index is 1.90. The molecule has 0 fully saturated rings. The summed E-state index contributed by atoms with van der Waals surface area (Å²) in [5.74, 6) is -0.0196. The highest BCUT2D eigenvalue weighted by molar-refractivity contribution is 6.32. The van der Waals surface area contributed by atoms with Crippen molar-refractivity contribution < 1.29 is 4.79 Å². The molecule has 0 spiro atoms. The molecule has 6 heteroatoms. The van der Waals surface area contributed by atoms with Crippen LogP contribution in [0.5, 0.6) is 0 Å². The topological polar surface area (TPSA) is 37.6 Å². The number of nitrogens with zero attached hydrogens (tertiary/aromatic N) is 3. The molecule has 124 valence electrons. The van der Waals surface area contributed by atoms with Crippen molar-refractivity contribution in [3.05, 3.63) is 52.3 Å². The van der Waals surface area contributed by atoms with Crippen LogP contribution in [0.4, 0.5) is 0 Å². The van der Waals surface area contributed by atoms with Crippen molar-refractivity contribution in [3.8, 4) is 0 Å². The fraction of sp³-hybridized carbons (Fsp3) is 0.333. The third-order valence-electron chi connectivity index (χ3n) is 4.68. The van der Waals surface area contributed by atoms with Gasteiger partial charge in [-0.15, -0.1) is 0 Å². The zero-order chi connectivity index (χ0) is 17.4. The molecule has 1 aliphatic heterocycles. The van der Waals surface area contributed by atoms with Gasteiger partial charge in [-0.3, -0.25) is 4.79 Å². The third-order valence-corrected chi connectivity index (χ3v) is 4.79. The molecular weight excluding hydrogens is 320 g/mol. The van der Waals surface area contributed by atoms with Crippen LogP contribution in [0.1, 0.15) is 37.7 Å². The van der Waals surface area contributed by atoms with Crippen molar-refractivity contribution >= 4 is 36.3 Å². The zero-order valence-electron chi connectivity index (χ0n) is 14.5. The molecule has 0 aliphatic carbocycles. The van der Waals surface area contributed by atoms with Gasteiger partial charge in [-0.2, -0.15) is 5.10 Å². The number of amides is 1. The smallest absolute Gasteiger partial charge is 0.274 e. The van der Waals surface area contributed by atoms with E-state index in [2.05, 4.69) is 18.9 Å². The average molecular weight is 342 g/mol. The molecule has 3 heterocycles. The van der Waals surface area contributed by atoms with Crippen LogP contribution in [0.3, 0.4) is 0 Å². The molecule has 1 atom stereocenters. The normalized spacial score (nSPS) is 19.2. The summed E-state index contributed by atoms with van der Waals surface area (Å²) in [5.41, 5.74) is 4.96. The summed E-state index contributed by atoms with van der Waals surface area (Å²) in [6.45, 7) is 6.69. The predicted molar refractivity (Wildman–Crippen MR) is 101 cm³/mol. The fourth-order valence-electron chi connectivity index (χ4n) is 3.18. The van der Waals surface area contributed by atoms with Crippen LogP contribution in [0, 0.1) is 0 Å². The lowest BCUT2D eigenvalue weighted by molar-refractivity contribution is 0.0701. The number of hydrogen-bond donors (Lipinski definition) is 0. The maximum atomic E-state index is 12.9. The minimum absolute atomic E-state index is 0.0196. The van der Waals surface area contributed by atoms with Gasteiger partial charge < -0.3 is 4.90 Å². The van der Waals surface area contributed by atoms with E-state index < -0.39 is 0 Å². The van der Waals surface area contributed by atoms with Gasteiger partial charge in [-0.25, -0.2) is 4.52 Å². The summed E-state index contributed by atoms with van der Waals surface area (Å²) in [6.07, 6.45) is 4.75. The Hall–Kier alpha value is -2.01. The molecule has 0 saturated heterocycles. The Morgan fingerprint density at radius 2 is 2.21 bits per heavy atom. The Morgan fingerprint density at radius 3 is 2.92 bits per heavy atom. The van der Waals surface area contributed by atoms with Gasteiger partial charge in [0.25, 0.3) is 5.91 Å². The summed E-state index contributed by atoms with van der Waals surface area (Å²) in [6, 6.07) is 5.90. The molecule has 4 nitrogen and oxygen atoms in total. The zero-order valence-corrected chi connectivity index (χ0v) is 15.3. The number of hydrogen-bond acceptors (Lipinski definition) is 2. The highest BCUT2D eigenvalue weighted by Gasteiger charge is 2.29. The second-order valence-electron chi connectivity index (χ2n) is 6.47. The van der Waals surface area contributed by atoms with Gasteiger partial charge in [0.15, 0.2) is 5.69 Å². The monoisotopic (exact) mass is 341 g/mol. The minimum atomic E-state index is -0.0196. The Labute approximate surface area is 148 Å². The van der Waals surface area contributed by atoms with E-state index in [-0.39, 0.29) is 11.9 Å². The summed E-state index contributed by atoms with van der Waals surface area (Å²) in [7, 11) is 2.01. The third kappa shape index (κ3) is 3.13. The first kappa shape index (κ1) is 16.8. The largest absolute Gasteiger partial charge is 0.330 e. The van der Waals surface area contributed by atoms with E-state index in [4.69, 9.17) is 11.6 Å². The van der Waals surface area contributed by atoms with Crippen molar-refractivity contribution in [2.75, 3.05) is 6.54 Å². The van der Waals surface area contributed by atoms with Crippen LogP contribution in [0.15, 0.2) is 46.7 Å². The number of fused-ring (bicyclic) bond motifs is 1. The van der Waals surface area contributed by atoms with Crippen LogP contribution < -0.4 is 5.46 Å². The number of carbonyl (C=O) groups is 1. The molecule has 1 amide bonds. The lowest BCUT2D eigenvalue weighted by Gasteiger charge is -2.35. The van der Waals surface area contributed by atoms with E-state index >= 15 is 0 Å². The highest BCUT2D eigenvalue weighted by Crippen LogP contribution is 2.27. The summed E-state index contributed by atoms with van der Waals surface area (Å²) < 4.78 is 1.77. The lowest BCUT2D eigenvalue weighted by atomic mass is 9.94. The number of rotatable bonds is 2. The molecule has 1 aliphatic rings. The van der Waals surface area contributed by atoms with Crippen molar-refractivity contribution in [2.45, 2.75) is 33.2 Å². The quantitative estimate of drug-likeness (QED) is 0.786. The second-order valence-corrected chi connectivity index (χ2v) is 7.07. The number of aromatic nitrogens is 2. The van der Waals surface area contributed by atoms with Gasteiger partial charge in [0.1, 0.15) is 7.85 Å². The van der Waals surface area contributed by atoms with E-state index in [1.807, 2.05) is 50.1 Å². The molecule has 3 rings (SSSR count). The van der Waals surface area contributed by atoms with Gasteiger partial charge in [0.05, 0.1) is 11.6 Å². The minimum Gasteiger partial charge on any atom is -0.330 e. The van der Waals surface area contributed by atoms with Crippen molar-refractivity contribution in [2.24, 2.45) is 0 Å². The van der Waals surface area contributed by atoms with Gasteiger partial charge in [-0.1, -0.05) is 23.1 Å². The number of allylic oxidation sites excluding steroid dienone is 2. The van der Waals surface area contributed by atoms with Crippen LogP contribution in [-0.2, 0) is 0 Å². The second kappa shape index (κ2) is 6.48. The summed E-state index contributed by atoms with van der Waals surface area (Å²) in [5, 5.41) is 5.22. The first-order valence-corrected chi connectivity index (χ1v) is 8.55. The molecule has 2 aromatic heterocycles. The Morgan fingerprint density at radius 1 is 1.46 bits per heavy atom.